The molecule has 0 saturated heterocycles. The molecule has 1 aromatic carbocycles. The minimum absolute atomic E-state index is 0.363. The van der Waals surface area contributed by atoms with Gasteiger partial charge in [0.15, 0.2) is 0 Å². The highest BCUT2D eigenvalue weighted by molar-refractivity contribution is 6.04. The second-order valence-corrected chi connectivity index (χ2v) is 4.86. The van der Waals surface area contributed by atoms with Crippen LogP contribution in [0.25, 0.3) is 21.9 Å². The molecule has 3 aromatic rings. The van der Waals surface area contributed by atoms with Crippen molar-refractivity contribution in [2.75, 3.05) is 5.32 Å². The first-order chi connectivity index (χ1) is 10.7. The molecule has 3 rings (SSSR count). The van der Waals surface area contributed by atoms with Crippen LogP contribution in [0.4, 0.5) is 5.82 Å². The van der Waals surface area contributed by atoms with Crippen LogP contribution in [0.3, 0.4) is 0 Å². The van der Waals surface area contributed by atoms with Gasteiger partial charge in [0, 0.05) is 30.4 Å². The summed E-state index contributed by atoms with van der Waals surface area (Å²) in [4.78, 5) is 15.7. The summed E-state index contributed by atoms with van der Waals surface area (Å²) in [7, 11) is 1.89. The van der Waals surface area contributed by atoms with E-state index in [2.05, 4.69) is 33.3 Å². The average molecular weight is 290 g/mol. The summed E-state index contributed by atoms with van der Waals surface area (Å²) < 4.78 is 1.77. The van der Waals surface area contributed by atoms with Gasteiger partial charge in [-0.25, -0.2) is 4.98 Å². The molecule has 0 saturated carbocycles. The maximum atomic E-state index is 11.5. The number of benzene rings is 1. The van der Waals surface area contributed by atoms with Gasteiger partial charge in [-0.1, -0.05) is 18.1 Å². The lowest BCUT2D eigenvalue weighted by molar-refractivity contribution is -0.111. The number of hydrogen-bond acceptors (Lipinski definition) is 3. The second kappa shape index (κ2) is 5.70. The highest BCUT2D eigenvalue weighted by Crippen LogP contribution is 2.25. The number of carbonyl (C=O) groups excluding carboxylic acids is 1. The van der Waals surface area contributed by atoms with Crippen LogP contribution in [0.5, 0.6) is 0 Å². The van der Waals surface area contributed by atoms with Crippen molar-refractivity contribution in [1.82, 2.24) is 14.8 Å². The van der Waals surface area contributed by atoms with Crippen LogP contribution < -0.4 is 5.32 Å². The lowest BCUT2D eigenvalue weighted by atomic mass is 10.1. The predicted octanol–water partition coefficient (Wildman–Crippen LogP) is 2.60. The van der Waals surface area contributed by atoms with Crippen LogP contribution in [0.15, 0.2) is 42.9 Å². The zero-order valence-electron chi connectivity index (χ0n) is 12.3. The summed E-state index contributed by atoms with van der Waals surface area (Å²) in [6, 6.07) is 7.92. The van der Waals surface area contributed by atoms with Gasteiger partial charge < -0.3 is 0 Å². The lowest BCUT2D eigenvalue weighted by Crippen LogP contribution is -2.09. The van der Waals surface area contributed by atoms with E-state index in [4.69, 9.17) is 0 Å². The SMILES string of the molecule is CC#CC(=O)Nc1cc2cc(-c3cnn(C)c3)ccc2cn1. The molecule has 108 valence electrons. The summed E-state index contributed by atoms with van der Waals surface area (Å²) in [5, 5.41) is 8.84. The van der Waals surface area contributed by atoms with E-state index in [-0.39, 0.29) is 5.91 Å². The Bertz CT molecular complexity index is 915. The first-order valence-electron chi connectivity index (χ1n) is 6.78. The molecular formula is C17H14N4O. The third kappa shape index (κ3) is 2.81. The number of amides is 1. The monoisotopic (exact) mass is 290 g/mol. The molecule has 0 radical (unpaired) electrons. The van der Waals surface area contributed by atoms with Crippen LogP contribution in [-0.4, -0.2) is 20.7 Å². The molecule has 0 aliphatic carbocycles. The molecule has 0 unspecified atom stereocenters. The number of aryl methyl sites for hydroxylation is 1. The van der Waals surface area contributed by atoms with Crippen molar-refractivity contribution in [3.05, 3.63) is 42.9 Å². The fourth-order valence-corrected chi connectivity index (χ4v) is 2.22. The van der Waals surface area contributed by atoms with Crippen LogP contribution >= 0.6 is 0 Å². The summed E-state index contributed by atoms with van der Waals surface area (Å²) in [6.45, 7) is 1.62. The molecule has 0 bridgehead atoms. The van der Waals surface area contributed by atoms with Gasteiger partial charge in [-0.15, -0.1) is 0 Å². The van der Waals surface area contributed by atoms with Gasteiger partial charge in [-0.3, -0.25) is 14.8 Å². The van der Waals surface area contributed by atoms with Crippen molar-refractivity contribution in [3.63, 3.8) is 0 Å². The van der Waals surface area contributed by atoms with Crippen LogP contribution in [0.1, 0.15) is 6.92 Å². The Hall–Kier alpha value is -3.13. The fourth-order valence-electron chi connectivity index (χ4n) is 2.22. The third-order valence-corrected chi connectivity index (χ3v) is 3.24. The second-order valence-electron chi connectivity index (χ2n) is 4.86. The topological polar surface area (TPSA) is 59.8 Å². The molecular weight excluding hydrogens is 276 g/mol. The molecule has 0 aliphatic rings. The molecule has 1 amide bonds. The van der Waals surface area contributed by atoms with Gasteiger partial charge in [0.2, 0.25) is 0 Å². The average Bonchev–Trinajstić information content (AvgIpc) is 2.93. The van der Waals surface area contributed by atoms with E-state index in [1.165, 1.54) is 0 Å². The van der Waals surface area contributed by atoms with Crippen molar-refractivity contribution in [2.24, 2.45) is 7.05 Å². The first-order valence-corrected chi connectivity index (χ1v) is 6.78. The molecule has 1 N–H and O–H groups in total. The van der Waals surface area contributed by atoms with E-state index in [1.54, 1.807) is 17.8 Å². The van der Waals surface area contributed by atoms with E-state index in [0.29, 0.717) is 5.82 Å². The summed E-state index contributed by atoms with van der Waals surface area (Å²) >= 11 is 0. The lowest BCUT2D eigenvalue weighted by Gasteiger charge is -2.04. The smallest absolute Gasteiger partial charge is 0.300 e. The summed E-state index contributed by atoms with van der Waals surface area (Å²) in [5.41, 5.74) is 2.11. The largest absolute Gasteiger partial charge is 0.301 e. The Kier molecular flexibility index (Phi) is 3.58. The van der Waals surface area contributed by atoms with Crippen LogP contribution in [0, 0.1) is 11.8 Å². The maximum Gasteiger partial charge on any atom is 0.301 e. The highest BCUT2D eigenvalue weighted by Gasteiger charge is 2.05. The number of nitrogens with one attached hydrogen (secondary N) is 1. The zero-order chi connectivity index (χ0) is 15.5. The standard InChI is InChI=1S/C17H14N4O/c1-3-4-17(22)20-16-8-14-7-12(5-6-13(14)9-18-16)15-10-19-21(2)11-15/h5-11H,1-2H3,(H,18,20,22). The van der Waals surface area contributed by atoms with Crippen molar-refractivity contribution in [2.45, 2.75) is 6.92 Å². The number of rotatable bonds is 2. The Balaban J connectivity index is 1.98. The van der Waals surface area contributed by atoms with Gasteiger partial charge in [0.05, 0.1) is 6.20 Å². The van der Waals surface area contributed by atoms with Crippen LogP contribution in [0.2, 0.25) is 0 Å². The predicted molar refractivity (Wildman–Crippen MR) is 86.0 cm³/mol. The number of hydrogen-bond donors (Lipinski definition) is 1. The van der Waals surface area contributed by atoms with E-state index in [1.807, 2.05) is 37.6 Å². The number of nitrogens with zero attached hydrogens (tertiary/aromatic N) is 3. The van der Waals surface area contributed by atoms with Crippen molar-refractivity contribution in [3.8, 4) is 23.0 Å². The van der Waals surface area contributed by atoms with Crippen molar-refractivity contribution in [1.29, 1.82) is 0 Å². The molecule has 0 fully saturated rings. The number of aromatic nitrogens is 3. The Morgan fingerprint density at radius 1 is 1.18 bits per heavy atom. The Labute approximate surface area is 128 Å². The molecule has 0 aliphatic heterocycles. The maximum absolute atomic E-state index is 11.5. The van der Waals surface area contributed by atoms with E-state index in [0.717, 1.165) is 21.9 Å². The normalized spacial score (nSPS) is 10.1. The van der Waals surface area contributed by atoms with Crippen molar-refractivity contribution >= 4 is 22.5 Å². The van der Waals surface area contributed by atoms with Gasteiger partial charge in [-0.05, 0) is 35.9 Å². The van der Waals surface area contributed by atoms with E-state index >= 15 is 0 Å². The summed E-state index contributed by atoms with van der Waals surface area (Å²) in [5.74, 6) is 5.12. The number of carbonyl (C=O) groups is 1. The number of anilines is 1. The molecule has 2 aromatic heterocycles. The summed E-state index contributed by atoms with van der Waals surface area (Å²) in [6.07, 6.45) is 5.51. The zero-order valence-corrected chi connectivity index (χ0v) is 12.3. The van der Waals surface area contributed by atoms with Gasteiger partial charge in [0.25, 0.3) is 0 Å². The molecule has 22 heavy (non-hydrogen) atoms. The van der Waals surface area contributed by atoms with Gasteiger partial charge in [-0.2, -0.15) is 5.10 Å². The molecule has 0 atom stereocenters. The third-order valence-electron chi connectivity index (χ3n) is 3.24. The van der Waals surface area contributed by atoms with Gasteiger partial charge in [0.1, 0.15) is 5.82 Å². The van der Waals surface area contributed by atoms with Crippen molar-refractivity contribution < 1.29 is 4.79 Å². The number of fused-ring (bicyclic) bond motifs is 1. The van der Waals surface area contributed by atoms with Gasteiger partial charge >= 0.3 is 5.91 Å². The molecule has 5 heteroatoms. The number of pyridine rings is 1. The minimum atomic E-state index is -0.363. The Morgan fingerprint density at radius 2 is 2.05 bits per heavy atom. The van der Waals surface area contributed by atoms with Crippen LogP contribution in [-0.2, 0) is 11.8 Å². The quantitative estimate of drug-likeness (QED) is 0.738. The Morgan fingerprint density at radius 3 is 2.77 bits per heavy atom. The fraction of sp³-hybridized carbons (Fsp3) is 0.118. The first kappa shape index (κ1) is 13.8. The molecule has 5 nitrogen and oxygen atoms in total. The highest BCUT2D eigenvalue weighted by atomic mass is 16.1. The molecule has 2 heterocycles. The molecule has 0 spiro atoms. The van der Waals surface area contributed by atoms with E-state index in [9.17, 15) is 4.79 Å². The minimum Gasteiger partial charge on any atom is -0.300 e. The van der Waals surface area contributed by atoms with E-state index < -0.39 is 0 Å².